The van der Waals surface area contributed by atoms with E-state index in [4.69, 9.17) is 0 Å². The molecule has 0 radical (unpaired) electrons. The molecule has 0 spiro atoms. The number of fused-ring (bicyclic) bond motifs is 2. The molecule has 2 bridgehead atoms. The Morgan fingerprint density at radius 3 is 2.21 bits per heavy atom. The van der Waals surface area contributed by atoms with Crippen LogP contribution in [-0.4, -0.2) is 25.8 Å². The number of nitrogens with zero attached hydrogens (tertiary/aromatic N) is 1. The lowest BCUT2D eigenvalue weighted by Crippen LogP contribution is -2.45. The zero-order chi connectivity index (χ0) is 13.5. The van der Waals surface area contributed by atoms with Crippen LogP contribution in [0.4, 0.5) is 0 Å². The minimum Gasteiger partial charge on any atom is -0.207 e. The van der Waals surface area contributed by atoms with Crippen molar-refractivity contribution in [3.8, 4) is 0 Å². The highest BCUT2D eigenvalue weighted by atomic mass is 79.9. The fraction of sp³-hybridized carbons (Fsp3) is 0.571. The van der Waals surface area contributed by atoms with Gasteiger partial charge in [-0.25, -0.2) is 8.42 Å². The second kappa shape index (κ2) is 5.19. The fourth-order valence-electron chi connectivity index (χ4n) is 3.34. The maximum absolute atomic E-state index is 12.6. The first-order valence-corrected chi connectivity index (χ1v) is 9.05. The number of hydrogen-bond acceptors (Lipinski definition) is 2. The topological polar surface area (TPSA) is 37.4 Å². The molecule has 5 heteroatoms. The summed E-state index contributed by atoms with van der Waals surface area (Å²) in [6.45, 7) is 1.41. The highest BCUT2D eigenvalue weighted by molar-refractivity contribution is 9.10. The Kier molecular flexibility index (Phi) is 3.71. The Bertz CT molecular complexity index is 543. The fourth-order valence-corrected chi connectivity index (χ4v) is 5.19. The molecule has 2 unspecified atom stereocenters. The number of piperidine rings is 1. The van der Waals surface area contributed by atoms with Gasteiger partial charge < -0.3 is 0 Å². The average Bonchev–Trinajstić information content (AvgIpc) is 2.38. The van der Waals surface area contributed by atoms with E-state index < -0.39 is 10.0 Å². The van der Waals surface area contributed by atoms with Crippen LogP contribution >= 0.6 is 15.9 Å². The van der Waals surface area contributed by atoms with Gasteiger partial charge in [-0.3, -0.25) is 0 Å². The van der Waals surface area contributed by atoms with E-state index >= 15 is 0 Å². The van der Waals surface area contributed by atoms with Gasteiger partial charge >= 0.3 is 0 Å². The summed E-state index contributed by atoms with van der Waals surface area (Å²) < 4.78 is 27.9. The van der Waals surface area contributed by atoms with E-state index in [1.807, 2.05) is 0 Å². The molecule has 0 amide bonds. The van der Waals surface area contributed by atoms with Crippen LogP contribution in [0.15, 0.2) is 33.6 Å². The monoisotopic (exact) mass is 343 g/mol. The van der Waals surface area contributed by atoms with Gasteiger partial charge in [-0.05, 0) is 55.4 Å². The van der Waals surface area contributed by atoms with Gasteiger partial charge in [-0.15, -0.1) is 0 Å². The summed E-state index contributed by atoms with van der Waals surface area (Å²) in [6.07, 6.45) is 4.85. The van der Waals surface area contributed by atoms with Gasteiger partial charge in [0.15, 0.2) is 0 Å². The van der Waals surface area contributed by atoms with Crippen molar-refractivity contribution in [2.45, 2.75) is 30.6 Å². The molecule has 1 saturated carbocycles. The third kappa shape index (κ3) is 2.73. The zero-order valence-electron chi connectivity index (χ0n) is 10.8. The normalized spacial score (nSPS) is 28.3. The molecule has 1 heterocycles. The van der Waals surface area contributed by atoms with Crippen molar-refractivity contribution in [2.75, 3.05) is 13.1 Å². The van der Waals surface area contributed by atoms with E-state index in [2.05, 4.69) is 15.9 Å². The van der Waals surface area contributed by atoms with Gasteiger partial charge in [-0.2, -0.15) is 4.31 Å². The molecular formula is C14H18BrNO2S. The van der Waals surface area contributed by atoms with E-state index in [0.717, 1.165) is 4.47 Å². The Morgan fingerprint density at radius 2 is 1.63 bits per heavy atom. The molecule has 104 valence electrons. The first kappa shape index (κ1) is 13.6. The second-order valence-corrected chi connectivity index (χ2v) is 8.53. The predicted molar refractivity (Wildman–Crippen MR) is 78.3 cm³/mol. The summed E-state index contributed by atoms with van der Waals surface area (Å²) in [5.74, 6) is 1.13. The molecule has 0 N–H and O–H groups in total. The van der Waals surface area contributed by atoms with Crippen LogP contribution in [0.1, 0.15) is 25.7 Å². The first-order valence-electron chi connectivity index (χ1n) is 6.81. The molecule has 1 aromatic carbocycles. The molecule has 0 aromatic heterocycles. The maximum Gasteiger partial charge on any atom is 0.243 e. The largest absolute Gasteiger partial charge is 0.243 e. The summed E-state index contributed by atoms with van der Waals surface area (Å²) in [5.41, 5.74) is 0. The van der Waals surface area contributed by atoms with Crippen molar-refractivity contribution in [3.63, 3.8) is 0 Å². The van der Waals surface area contributed by atoms with Crippen molar-refractivity contribution in [2.24, 2.45) is 11.8 Å². The standard InChI is InChI=1S/C14H18BrNO2S/c15-13-4-6-14(7-5-13)19(17,18)16-9-11-2-1-3-12(8-11)10-16/h4-7,11-12H,1-3,8-10H2. The molecule has 1 saturated heterocycles. The summed E-state index contributed by atoms with van der Waals surface area (Å²) in [6, 6.07) is 6.95. The molecule has 1 aliphatic carbocycles. The highest BCUT2D eigenvalue weighted by Crippen LogP contribution is 2.36. The van der Waals surface area contributed by atoms with Crippen LogP contribution in [-0.2, 0) is 10.0 Å². The molecule has 1 aliphatic heterocycles. The van der Waals surface area contributed by atoms with Gasteiger partial charge in [0.05, 0.1) is 4.90 Å². The van der Waals surface area contributed by atoms with E-state index in [1.54, 1.807) is 28.6 Å². The second-order valence-electron chi connectivity index (χ2n) is 5.67. The van der Waals surface area contributed by atoms with Crippen molar-refractivity contribution in [3.05, 3.63) is 28.7 Å². The smallest absolute Gasteiger partial charge is 0.207 e. The van der Waals surface area contributed by atoms with Gasteiger partial charge in [0.25, 0.3) is 0 Å². The molecule has 3 nitrogen and oxygen atoms in total. The average molecular weight is 344 g/mol. The van der Waals surface area contributed by atoms with Crippen LogP contribution in [0.25, 0.3) is 0 Å². The van der Waals surface area contributed by atoms with Gasteiger partial charge in [0, 0.05) is 17.6 Å². The Morgan fingerprint density at radius 1 is 1.05 bits per heavy atom. The van der Waals surface area contributed by atoms with Crippen LogP contribution < -0.4 is 0 Å². The molecule has 3 rings (SSSR count). The predicted octanol–water partition coefficient (Wildman–Crippen LogP) is 3.26. The van der Waals surface area contributed by atoms with E-state index in [1.165, 1.54) is 25.7 Å². The number of sulfonamides is 1. The maximum atomic E-state index is 12.6. The van der Waals surface area contributed by atoms with Crippen molar-refractivity contribution < 1.29 is 8.42 Å². The molecule has 19 heavy (non-hydrogen) atoms. The molecule has 2 atom stereocenters. The number of benzene rings is 1. The Labute approximate surface area is 123 Å². The summed E-state index contributed by atoms with van der Waals surface area (Å²) in [7, 11) is -3.31. The third-order valence-corrected chi connectivity index (χ3v) is 6.64. The highest BCUT2D eigenvalue weighted by Gasteiger charge is 2.36. The molecule has 2 aliphatic rings. The van der Waals surface area contributed by atoms with Crippen molar-refractivity contribution >= 4 is 26.0 Å². The van der Waals surface area contributed by atoms with Crippen molar-refractivity contribution in [1.82, 2.24) is 4.31 Å². The number of hydrogen-bond donors (Lipinski definition) is 0. The van der Waals surface area contributed by atoms with E-state index in [0.29, 0.717) is 29.8 Å². The summed E-state index contributed by atoms with van der Waals surface area (Å²) in [4.78, 5) is 0.413. The third-order valence-electron chi connectivity index (χ3n) is 4.27. The van der Waals surface area contributed by atoms with Crippen LogP contribution in [0, 0.1) is 11.8 Å². The summed E-state index contributed by atoms with van der Waals surface area (Å²) in [5, 5.41) is 0. The SMILES string of the molecule is O=S(=O)(c1ccc(Br)cc1)N1CC2CCCC(C2)C1. The Balaban J connectivity index is 1.86. The van der Waals surface area contributed by atoms with Gasteiger partial charge in [-0.1, -0.05) is 22.4 Å². The summed E-state index contributed by atoms with van der Waals surface area (Å²) >= 11 is 3.34. The lowest BCUT2D eigenvalue weighted by Gasteiger charge is -2.40. The van der Waals surface area contributed by atoms with Crippen LogP contribution in [0.2, 0.25) is 0 Å². The molecule has 2 fully saturated rings. The minimum atomic E-state index is -3.31. The minimum absolute atomic E-state index is 0.413. The van der Waals surface area contributed by atoms with Crippen molar-refractivity contribution in [1.29, 1.82) is 0 Å². The number of rotatable bonds is 2. The quantitative estimate of drug-likeness (QED) is 0.826. The lowest BCUT2D eigenvalue weighted by molar-refractivity contribution is 0.144. The lowest BCUT2D eigenvalue weighted by atomic mass is 9.79. The Hall–Kier alpha value is -0.390. The van der Waals surface area contributed by atoms with Crippen LogP contribution in [0.3, 0.4) is 0 Å². The van der Waals surface area contributed by atoms with Gasteiger partial charge in [0.1, 0.15) is 0 Å². The zero-order valence-corrected chi connectivity index (χ0v) is 13.2. The molecular weight excluding hydrogens is 326 g/mol. The van der Waals surface area contributed by atoms with E-state index in [9.17, 15) is 8.42 Å². The number of halogens is 1. The first-order chi connectivity index (χ1) is 9.05. The van der Waals surface area contributed by atoms with Crippen LogP contribution in [0.5, 0.6) is 0 Å². The van der Waals surface area contributed by atoms with Gasteiger partial charge in [0.2, 0.25) is 10.0 Å². The van der Waals surface area contributed by atoms with E-state index in [-0.39, 0.29) is 0 Å². The molecule has 1 aromatic rings.